The summed E-state index contributed by atoms with van der Waals surface area (Å²) in [5.41, 5.74) is 0.170. The molecule has 0 spiro atoms. The Hall–Kier alpha value is -2.35. The monoisotopic (exact) mass is 369 g/mol. The number of rotatable bonds is 6. The van der Waals surface area contributed by atoms with E-state index in [4.69, 9.17) is 28.3 Å². The summed E-state index contributed by atoms with van der Waals surface area (Å²) in [6.45, 7) is -0.601. The van der Waals surface area contributed by atoms with Crippen LogP contribution in [0.2, 0.25) is 10.0 Å². The standard InChI is InChI=1S/C15H13Cl2N3O4/c16-9-4-3-5-10(17)13(9)14(15(22)18-8-21)19-11-6-1-2-7-12(11)20(23)24/h1-7,14,19,21H,8H2,(H,18,22). The van der Waals surface area contributed by atoms with Gasteiger partial charge in [-0.3, -0.25) is 14.9 Å². The topological polar surface area (TPSA) is 104 Å². The molecule has 1 atom stereocenters. The van der Waals surface area contributed by atoms with Crippen molar-refractivity contribution in [3.8, 4) is 0 Å². The first-order valence-corrected chi connectivity index (χ1v) is 7.53. The summed E-state index contributed by atoms with van der Waals surface area (Å²) in [4.78, 5) is 22.9. The summed E-state index contributed by atoms with van der Waals surface area (Å²) in [5.74, 6) is -0.634. The van der Waals surface area contributed by atoms with E-state index in [9.17, 15) is 14.9 Å². The lowest BCUT2D eigenvalue weighted by molar-refractivity contribution is -0.384. The number of nitro groups is 1. The Bertz CT molecular complexity index is 750. The predicted molar refractivity (Wildman–Crippen MR) is 91.2 cm³/mol. The van der Waals surface area contributed by atoms with E-state index in [2.05, 4.69) is 10.6 Å². The smallest absolute Gasteiger partial charge is 0.292 e. The molecule has 0 bridgehead atoms. The number of carbonyl (C=O) groups is 1. The zero-order valence-electron chi connectivity index (χ0n) is 12.2. The molecule has 1 unspecified atom stereocenters. The van der Waals surface area contributed by atoms with Gasteiger partial charge in [0, 0.05) is 21.7 Å². The number of amides is 1. The molecule has 2 rings (SSSR count). The van der Waals surface area contributed by atoms with E-state index in [0.29, 0.717) is 0 Å². The van der Waals surface area contributed by atoms with Gasteiger partial charge in [0.25, 0.3) is 5.69 Å². The lowest BCUT2D eigenvalue weighted by Gasteiger charge is -2.21. The van der Waals surface area contributed by atoms with Crippen LogP contribution in [0, 0.1) is 10.1 Å². The number of benzene rings is 2. The number of carbonyl (C=O) groups excluding carboxylic acids is 1. The number of nitrogens with one attached hydrogen (secondary N) is 2. The summed E-state index contributed by atoms with van der Waals surface area (Å²) in [6, 6.07) is 9.44. The van der Waals surface area contributed by atoms with E-state index in [1.165, 1.54) is 18.2 Å². The lowest BCUT2D eigenvalue weighted by atomic mass is 10.0. The van der Waals surface area contributed by atoms with E-state index < -0.39 is 23.6 Å². The zero-order valence-corrected chi connectivity index (χ0v) is 13.7. The van der Waals surface area contributed by atoms with Crippen LogP contribution < -0.4 is 10.6 Å². The Labute approximate surface area is 147 Å². The van der Waals surface area contributed by atoms with Crippen molar-refractivity contribution in [2.24, 2.45) is 0 Å². The number of hydrogen-bond acceptors (Lipinski definition) is 5. The Morgan fingerprint density at radius 3 is 2.38 bits per heavy atom. The normalized spacial score (nSPS) is 11.6. The van der Waals surface area contributed by atoms with Gasteiger partial charge in [0.1, 0.15) is 18.5 Å². The Kier molecular flexibility index (Phi) is 5.97. The van der Waals surface area contributed by atoms with Crippen LogP contribution in [0.3, 0.4) is 0 Å². The van der Waals surface area contributed by atoms with Crippen LogP contribution in [0.5, 0.6) is 0 Å². The quantitative estimate of drug-likeness (QED) is 0.412. The van der Waals surface area contributed by atoms with Crippen LogP contribution >= 0.6 is 23.2 Å². The number of anilines is 1. The van der Waals surface area contributed by atoms with Gasteiger partial charge in [-0.15, -0.1) is 0 Å². The first-order chi connectivity index (χ1) is 11.5. The Morgan fingerprint density at radius 1 is 1.17 bits per heavy atom. The molecule has 2 aromatic rings. The summed E-state index contributed by atoms with van der Waals surface area (Å²) in [7, 11) is 0. The van der Waals surface area contributed by atoms with Crippen molar-refractivity contribution < 1.29 is 14.8 Å². The van der Waals surface area contributed by atoms with Crippen molar-refractivity contribution in [2.75, 3.05) is 12.0 Å². The highest BCUT2D eigenvalue weighted by atomic mass is 35.5. The fraction of sp³-hybridized carbons (Fsp3) is 0.133. The molecule has 0 radical (unpaired) electrons. The van der Waals surface area contributed by atoms with Gasteiger partial charge in [-0.2, -0.15) is 0 Å². The molecule has 3 N–H and O–H groups in total. The van der Waals surface area contributed by atoms with Crippen LogP contribution in [-0.4, -0.2) is 22.7 Å². The SMILES string of the molecule is O=C(NCO)C(Nc1ccccc1[N+](=O)[O-])c1c(Cl)cccc1Cl. The minimum Gasteiger partial charge on any atom is -0.376 e. The van der Waals surface area contributed by atoms with Crippen molar-refractivity contribution in [3.05, 3.63) is 68.2 Å². The van der Waals surface area contributed by atoms with Crippen LogP contribution in [0.25, 0.3) is 0 Å². The van der Waals surface area contributed by atoms with Gasteiger partial charge in [-0.1, -0.05) is 41.4 Å². The second-order valence-electron chi connectivity index (χ2n) is 4.69. The molecule has 0 saturated carbocycles. The first kappa shape index (κ1) is 18.0. The number of nitro benzene ring substituents is 1. The third-order valence-corrected chi connectivity index (χ3v) is 3.86. The van der Waals surface area contributed by atoms with Gasteiger partial charge >= 0.3 is 0 Å². The Balaban J connectivity index is 2.49. The number of hydrogen-bond donors (Lipinski definition) is 3. The average molecular weight is 370 g/mol. The molecule has 0 aromatic heterocycles. The summed E-state index contributed by atoms with van der Waals surface area (Å²) >= 11 is 12.3. The number of para-hydroxylation sites is 2. The lowest BCUT2D eigenvalue weighted by Crippen LogP contribution is -2.34. The van der Waals surface area contributed by atoms with Crippen LogP contribution in [-0.2, 0) is 4.79 Å². The molecule has 24 heavy (non-hydrogen) atoms. The largest absolute Gasteiger partial charge is 0.376 e. The van der Waals surface area contributed by atoms with Crippen LogP contribution in [0.15, 0.2) is 42.5 Å². The van der Waals surface area contributed by atoms with Crippen LogP contribution in [0.1, 0.15) is 11.6 Å². The van der Waals surface area contributed by atoms with Gasteiger partial charge in [-0.05, 0) is 18.2 Å². The molecule has 0 aliphatic heterocycles. The third-order valence-electron chi connectivity index (χ3n) is 3.20. The second kappa shape index (κ2) is 7.96. The molecule has 2 aromatic carbocycles. The number of nitrogens with zero attached hydrogens (tertiary/aromatic N) is 1. The maximum Gasteiger partial charge on any atom is 0.292 e. The Morgan fingerprint density at radius 2 is 1.79 bits per heavy atom. The minimum absolute atomic E-state index is 0.122. The second-order valence-corrected chi connectivity index (χ2v) is 5.50. The van der Waals surface area contributed by atoms with Crippen molar-refractivity contribution in [2.45, 2.75) is 6.04 Å². The molecule has 0 aliphatic rings. The molecule has 9 heteroatoms. The fourth-order valence-electron chi connectivity index (χ4n) is 2.15. The van der Waals surface area contributed by atoms with Crippen molar-refractivity contribution in [1.29, 1.82) is 0 Å². The highest BCUT2D eigenvalue weighted by molar-refractivity contribution is 6.36. The molecular weight excluding hydrogens is 357 g/mol. The van der Waals surface area contributed by atoms with Gasteiger partial charge in [0.2, 0.25) is 5.91 Å². The zero-order chi connectivity index (χ0) is 17.7. The van der Waals surface area contributed by atoms with Crippen molar-refractivity contribution in [1.82, 2.24) is 5.32 Å². The molecule has 7 nitrogen and oxygen atoms in total. The molecule has 1 amide bonds. The summed E-state index contributed by atoms with van der Waals surface area (Å²) in [6.07, 6.45) is 0. The maximum atomic E-state index is 12.3. The number of halogens is 2. The summed E-state index contributed by atoms with van der Waals surface area (Å²) < 4.78 is 0. The molecule has 126 valence electrons. The van der Waals surface area contributed by atoms with E-state index in [1.54, 1.807) is 24.3 Å². The molecule has 0 saturated heterocycles. The van der Waals surface area contributed by atoms with Gasteiger partial charge in [0.05, 0.1) is 4.92 Å². The summed E-state index contributed by atoms with van der Waals surface area (Å²) in [5, 5.41) is 25.5. The maximum absolute atomic E-state index is 12.3. The average Bonchev–Trinajstić information content (AvgIpc) is 2.54. The van der Waals surface area contributed by atoms with Crippen molar-refractivity contribution in [3.63, 3.8) is 0 Å². The van der Waals surface area contributed by atoms with Crippen molar-refractivity contribution >= 4 is 40.5 Å². The third kappa shape index (κ3) is 3.94. The molecule has 0 heterocycles. The van der Waals surface area contributed by atoms with Gasteiger partial charge < -0.3 is 15.7 Å². The number of aliphatic hydroxyl groups is 1. The van der Waals surface area contributed by atoms with E-state index >= 15 is 0 Å². The first-order valence-electron chi connectivity index (χ1n) is 6.78. The highest BCUT2D eigenvalue weighted by Gasteiger charge is 2.27. The predicted octanol–water partition coefficient (Wildman–Crippen LogP) is 3.12. The van der Waals surface area contributed by atoms with Gasteiger partial charge in [-0.25, -0.2) is 0 Å². The molecule has 0 fully saturated rings. The number of aliphatic hydroxyl groups excluding tert-OH is 1. The highest BCUT2D eigenvalue weighted by Crippen LogP contribution is 2.34. The van der Waals surface area contributed by atoms with E-state index in [1.807, 2.05) is 0 Å². The van der Waals surface area contributed by atoms with E-state index in [-0.39, 0.29) is 27.0 Å². The molecule has 0 aliphatic carbocycles. The fourth-order valence-corrected chi connectivity index (χ4v) is 2.76. The van der Waals surface area contributed by atoms with Crippen LogP contribution in [0.4, 0.5) is 11.4 Å². The van der Waals surface area contributed by atoms with Gasteiger partial charge in [0.15, 0.2) is 0 Å². The minimum atomic E-state index is -1.13. The van der Waals surface area contributed by atoms with E-state index in [0.717, 1.165) is 0 Å². The molecular formula is C15H13Cl2N3O4.